The van der Waals surface area contributed by atoms with Crippen LogP contribution in [0.2, 0.25) is 0 Å². The molecule has 4 aromatic heterocycles. The first kappa shape index (κ1) is 23.0. The number of pyridine rings is 1. The van der Waals surface area contributed by atoms with Crippen LogP contribution in [0.25, 0.3) is 27.9 Å². The van der Waals surface area contributed by atoms with E-state index >= 15 is 0 Å². The van der Waals surface area contributed by atoms with Crippen LogP contribution in [0.4, 0.5) is 19.1 Å². The zero-order valence-corrected chi connectivity index (χ0v) is 18.8. The van der Waals surface area contributed by atoms with Crippen molar-refractivity contribution in [1.29, 1.82) is 0 Å². The van der Waals surface area contributed by atoms with Gasteiger partial charge in [0.15, 0.2) is 5.65 Å². The zero-order valence-electron chi connectivity index (χ0n) is 18.8. The van der Waals surface area contributed by atoms with E-state index in [2.05, 4.69) is 20.1 Å². The molecule has 5 rings (SSSR count). The molecule has 0 unspecified atom stereocenters. The number of alkyl halides is 3. The van der Waals surface area contributed by atoms with E-state index in [-0.39, 0.29) is 5.95 Å². The Labute approximate surface area is 189 Å². The molecule has 1 saturated heterocycles. The number of aryl methyl sites for hydroxylation is 2. The topological polar surface area (TPSA) is 90.2 Å². The molecule has 0 bridgehead atoms. The van der Waals surface area contributed by atoms with Gasteiger partial charge in [-0.05, 0) is 58.5 Å². The van der Waals surface area contributed by atoms with Crippen LogP contribution in [0, 0.1) is 13.8 Å². The molecule has 4 aromatic rings. The number of fused-ring (bicyclic) bond motifs is 2. The molecule has 0 radical (unpaired) electrons. The van der Waals surface area contributed by atoms with Crippen molar-refractivity contribution in [2.75, 3.05) is 25.9 Å². The quantitative estimate of drug-likeness (QED) is 0.502. The van der Waals surface area contributed by atoms with Gasteiger partial charge in [0.2, 0.25) is 5.95 Å². The van der Waals surface area contributed by atoms with Crippen LogP contribution in [0.3, 0.4) is 0 Å². The van der Waals surface area contributed by atoms with Crippen molar-refractivity contribution in [3.63, 3.8) is 0 Å². The fourth-order valence-electron chi connectivity index (χ4n) is 4.16. The summed E-state index contributed by atoms with van der Waals surface area (Å²) >= 11 is 0. The molecule has 1 aliphatic heterocycles. The molecule has 33 heavy (non-hydrogen) atoms. The van der Waals surface area contributed by atoms with E-state index in [1.807, 2.05) is 31.0 Å². The summed E-state index contributed by atoms with van der Waals surface area (Å²) in [4.78, 5) is 15.1. The van der Waals surface area contributed by atoms with Gasteiger partial charge in [-0.25, -0.2) is 32.6 Å². The summed E-state index contributed by atoms with van der Waals surface area (Å²) in [7, 11) is 1.96. The highest BCUT2D eigenvalue weighted by Gasteiger charge is 2.17. The summed E-state index contributed by atoms with van der Waals surface area (Å²) < 4.78 is 41.2. The Balaban J connectivity index is 0.000000275. The minimum absolute atomic E-state index is 0.182. The number of hydrogen-bond donors (Lipinski definition) is 1. The number of nitrogen functional groups attached to an aromatic ring is 1. The SMILES string of the molecule is CN1CCC[C@@H](F)C1.Cc1nc(N)nn2ccc(-c3ccc4nc(C)n(CC(F)F)c4n3)c12. The van der Waals surface area contributed by atoms with Gasteiger partial charge in [0.25, 0.3) is 6.43 Å². The molecule has 1 atom stereocenters. The number of piperidine rings is 1. The number of imidazole rings is 1. The molecule has 8 nitrogen and oxygen atoms in total. The first-order chi connectivity index (χ1) is 15.7. The Morgan fingerprint density at radius 3 is 2.61 bits per heavy atom. The number of rotatable bonds is 3. The zero-order chi connectivity index (χ0) is 23.7. The van der Waals surface area contributed by atoms with Crippen LogP contribution in [-0.2, 0) is 6.54 Å². The van der Waals surface area contributed by atoms with Crippen molar-refractivity contribution in [3.8, 4) is 11.3 Å². The van der Waals surface area contributed by atoms with Gasteiger partial charge < -0.3 is 15.2 Å². The highest BCUT2D eigenvalue weighted by atomic mass is 19.3. The van der Waals surface area contributed by atoms with E-state index < -0.39 is 19.1 Å². The molecule has 176 valence electrons. The van der Waals surface area contributed by atoms with Gasteiger partial charge in [-0.15, -0.1) is 5.10 Å². The molecular weight excluding hydrogens is 433 g/mol. The van der Waals surface area contributed by atoms with E-state index in [1.165, 1.54) is 4.57 Å². The Kier molecular flexibility index (Phi) is 6.50. The number of nitrogens with zero attached hydrogens (tertiary/aromatic N) is 7. The Hall–Kier alpha value is -3.21. The number of anilines is 1. The van der Waals surface area contributed by atoms with Crippen LogP contribution in [0.5, 0.6) is 0 Å². The van der Waals surface area contributed by atoms with Crippen LogP contribution in [-0.4, -0.2) is 66.8 Å². The van der Waals surface area contributed by atoms with Gasteiger partial charge >= 0.3 is 0 Å². The van der Waals surface area contributed by atoms with Crippen LogP contribution in [0.1, 0.15) is 24.4 Å². The third-order valence-electron chi connectivity index (χ3n) is 5.65. The van der Waals surface area contributed by atoms with Crippen LogP contribution < -0.4 is 5.73 Å². The molecule has 0 spiro atoms. The fourth-order valence-corrected chi connectivity index (χ4v) is 4.16. The first-order valence-electron chi connectivity index (χ1n) is 10.8. The number of hydrogen-bond acceptors (Lipinski definition) is 6. The molecular formula is C22H27F3N8. The molecule has 1 aliphatic rings. The van der Waals surface area contributed by atoms with E-state index in [9.17, 15) is 13.2 Å². The largest absolute Gasteiger partial charge is 0.367 e. The van der Waals surface area contributed by atoms with Gasteiger partial charge in [-0.3, -0.25) is 0 Å². The van der Waals surface area contributed by atoms with E-state index in [0.29, 0.717) is 34.9 Å². The monoisotopic (exact) mass is 460 g/mol. The molecule has 11 heteroatoms. The number of nitrogens with two attached hydrogens (primary N) is 1. The second-order valence-corrected chi connectivity index (χ2v) is 8.28. The lowest BCUT2D eigenvalue weighted by molar-refractivity contribution is 0.127. The first-order valence-corrected chi connectivity index (χ1v) is 10.8. The highest BCUT2D eigenvalue weighted by Crippen LogP contribution is 2.28. The molecule has 0 aliphatic carbocycles. The van der Waals surface area contributed by atoms with Gasteiger partial charge in [-0.2, -0.15) is 0 Å². The summed E-state index contributed by atoms with van der Waals surface area (Å²) in [5.41, 5.74) is 9.63. The third kappa shape index (κ3) is 4.92. The Bertz CT molecular complexity index is 1260. The number of halogens is 3. The minimum Gasteiger partial charge on any atom is -0.367 e. The maximum Gasteiger partial charge on any atom is 0.256 e. The lowest BCUT2D eigenvalue weighted by Gasteiger charge is -2.24. The van der Waals surface area contributed by atoms with Gasteiger partial charge in [-0.1, -0.05) is 0 Å². The van der Waals surface area contributed by atoms with Crippen LogP contribution in [0.15, 0.2) is 24.4 Å². The summed E-state index contributed by atoms with van der Waals surface area (Å²) in [5.74, 6) is 0.690. The average Bonchev–Trinajstić information content (AvgIpc) is 3.29. The lowest BCUT2D eigenvalue weighted by Crippen LogP contribution is -2.32. The summed E-state index contributed by atoms with van der Waals surface area (Å²) in [6, 6.07) is 5.45. The highest BCUT2D eigenvalue weighted by molar-refractivity contribution is 5.84. The summed E-state index contributed by atoms with van der Waals surface area (Å²) in [5, 5.41) is 4.14. The predicted octanol–water partition coefficient (Wildman–Crippen LogP) is 3.66. The molecule has 2 N–H and O–H groups in total. The second-order valence-electron chi connectivity index (χ2n) is 8.28. The maximum atomic E-state index is 12.9. The van der Waals surface area contributed by atoms with Gasteiger partial charge in [0, 0.05) is 18.3 Å². The second kappa shape index (κ2) is 9.34. The van der Waals surface area contributed by atoms with Crippen molar-refractivity contribution in [1.82, 2.24) is 34.0 Å². The maximum absolute atomic E-state index is 12.9. The van der Waals surface area contributed by atoms with E-state index in [0.717, 1.165) is 30.5 Å². The minimum atomic E-state index is -2.48. The summed E-state index contributed by atoms with van der Waals surface area (Å²) in [6.07, 6.45) is 0.523. The van der Waals surface area contributed by atoms with Crippen molar-refractivity contribution < 1.29 is 13.2 Å². The van der Waals surface area contributed by atoms with Crippen molar-refractivity contribution in [2.45, 2.75) is 45.8 Å². The van der Waals surface area contributed by atoms with E-state index in [4.69, 9.17) is 5.73 Å². The predicted molar refractivity (Wildman–Crippen MR) is 121 cm³/mol. The van der Waals surface area contributed by atoms with E-state index in [1.54, 1.807) is 23.7 Å². The molecule has 0 aromatic carbocycles. The standard InChI is InChI=1S/C16H15F2N7.C6H12FN/c1-8-14-10(5-6-25(14)23-16(19)20-8)11-3-4-12-15(22-11)24(7-13(17)18)9(2)21-12;1-8-4-2-3-6(7)5-8/h3-6,13H,7H2,1-2H3,(H2,19,23);6H,2-5H2,1H3/t;6-/m.1/s1. The lowest BCUT2D eigenvalue weighted by atomic mass is 10.1. The normalized spacial score (nSPS) is 17.0. The molecule has 1 fully saturated rings. The Morgan fingerprint density at radius 1 is 1.15 bits per heavy atom. The van der Waals surface area contributed by atoms with Gasteiger partial charge in [0.1, 0.15) is 17.5 Å². The number of likely N-dealkylation sites (tertiary alicyclic amines) is 1. The molecule has 0 saturated carbocycles. The Morgan fingerprint density at radius 2 is 1.94 bits per heavy atom. The molecule has 0 amide bonds. The van der Waals surface area contributed by atoms with Crippen LogP contribution >= 0.6 is 0 Å². The third-order valence-corrected chi connectivity index (χ3v) is 5.65. The fraction of sp³-hybridized carbons (Fsp3) is 0.455. The smallest absolute Gasteiger partial charge is 0.256 e. The van der Waals surface area contributed by atoms with Crippen molar-refractivity contribution in [2.24, 2.45) is 0 Å². The summed E-state index contributed by atoms with van der Waals surface area (Å²) in [6.45, 7) is 4.80. The van der Waals surface area contributed by atoms with Crippen molar-refractivity contribution in [3.05, 3.63) is 35.9 Å². The number of aromatic nitrogens is 6. The molecule has 5 heterocycles. The van der Waals surface area contributed by atoms with Crippen molar-refractivity contribution >= 4 is 22.6 Å². The van der Waals surface area contributed by atoms with Gasteiger partial charge in [0.05, 0.1) is 23.4 Å². The average molecular weight is 461 g/mol.